The van der Waals surface area contributed by atoms with Crippen LogP contribution in [0.2, 0.25) is 0 Å². The van der Waals surface area contributed by atoms with Crippen molar-refractivity contribution in [3.8, 4) is 5.75 Å². The fraction of sp³-hybridized carbons (Fsp3) is 0.185. The van der Waals surface area contributed by atoms with Crippen molar-refractivity contribution in [3.05, 3.63) is 94.7 Å². The highest BCUT2D eigenvalue weighted by molar-refractivity contribution is 6.46. The average Bonchev–Trinajstić information content (AvgIpc) is 2.98. The molecule has 1 heterocycles. The van der Waals surface area contributed by atoms with E-state index in [-0.39, 0.29) is 17.5 Å². The largest absolute Gasteiger partial charge is 0.494 e. The first-order valence-electron chi connectivity index (χ1n) is 10.7. The van der Waals surface area contributed by atoms with Gasteiger partial charge in [-0.1, -0.05) is 42.0 Å². The number of rotatable bonds is 6. The molecule has 3 aromatic rings. The summed E-state index contributed by atoms with van der Waals surface area (Å²) in [5.41, 5.74) is 5.72. The van der Waals surface area contributed by atoms with Gasteiger partial charge in [-0.25, -0.2) is 4.90 Å². The van der Waals surface area contributed by atoms with Gasteiger partial charge in [0.25, 0.3) is 11.8 Å². The van der Waals surface area contributed by atoms with E-state index in [4.69, 9.17) is 4.74 Å². The zero-order valence-corrected chi connectivity index (χ0v) is 18.7. The third kappa shape index (κ3) is 4.02. The molecule has 0 saturated heterocycles. The second-order valence-corrected chi connectivity index (χ2v) is 7.94. The third-order valence-electron chi connectivity index (χ3n) is 5.41. The first kappa shape index (κ1) is 21.4. The highest BCUT2D eigenvalue weighted by Gasteiger charge is 2.40. The SMILES string of the molecule is CCOc1cccc(N2C(=O)C(Nc3cccc(C)c3)=C(c3ccc(C)cc3C)C2=O)c1. The quantitative estimate of drug-likeness (QED) is 0.536. The Kier molecular flexibility index (Phi) is 5.82. The van der Waals surface area contributed by atoms with Gasteiger partial charge < -0.3 is 10.1 Å². The van der Waals surface area contributed by atoms with Crippen LogP contribution in [0.4, 0.5) is 11.4 Å². The minimum atomic E-state index is -0.389. The van der Waals surface area contributed by atoms with E-state index in [0.717, 1.165) is 27.9 Å². The molecule has 3 aromatic carbocycles. The second-order valence-electron chi connectivity index (χ2n) is 7.94. The Labute approximate surface area is 188 Å². The first-order valence-corrected chi connectivity index (χ1v) is 10.7. The summed E-state index contributed by atoms with van der Waals surface area (Å²) in [7, 11) is 0. The summed E-state index contributed by atoms with van der Waals surface area (Å²) in [6, 6.07) is 20.7. The van der Waals surface area contributed by atoms with E-state index in [1.54, 1.807) is 18.2 Å². The van der Waals surface area contributed by atoms with Crippen LogP contribution in [0.3, 0.4) is 0 Å². The number of hydrogen-bond donors (Lipinski definition) is 1. The maximum atomic E-state index is 13.7. The molecule has 32 heavy (non-hydrogen) atoms. The standard InChI is InChI=1S/C27H26N2O3/c1-5-32-22-11-7-10-21(16-22)29-26(30)24(23-13-12-18(3)14-19(23)4)25(27(29)31)28-20-9-6-8-17(2)15-20/h6-16,28H,5H2,1-4H3. The zero-order valence-electron chi connectivity index (χ0n) is 18.7. The molecule has 0 atom stereocenters. The van der Waals surface area contributed by atoms with Crippen LogP contribution in [0.15, 0.2) is 72.4 Å². The summed E-state index contributed by atoms with van der Waals surface area (Å²) in [6.45, 7) is 8.33. The highest BCUT2D eigenvalue weighted by atomic mass is 16.5. The lowest BCUT2D eigenvalue weighted by Crippen LogP contribution is -2.32. The van der Waals surface area contributed by atoms with Gasteiger partial charge in [0.05, 0.1) is 17.9 Å². The van der Waals surface area contributed by atoms with Gasteiger partial charge in [0.15, 0.2) is 0 Å². The lowest BCUT2D eigenvalue weighted by molar-refractivity contribution is -0.120. The van der Waals surface area contributed by atoms with Crippen molar-refractivity contribution in [1.29, 1.82) is 0 Å². The molecule has 0 spiro atoms. The second kappa shape index (κ2) is 8.71. The molecule has 2 amide bonds. The molecule has 4 rings (SSSR count). The van der Waals surface area contributed by atoms with E-state index >= 15 is 0 Å². The van der Waals surface area contributed by atoms with Crippen molar-refractivity contribution in [2.75, 3.05) is 16.8 Å². The van der Waals surface area contributed by atoms with E-state index in [2.05, 4.69) is 5.32 Å². The van der Waals surface area contributed by atoms with Gasteiger partial charge in [0.2, 0.25) is 0 Å². The van der Waals surface area contributed by atoms with Crippen molar-refractivity contribution in [2.45, 2.75) is 27.7 Å². The van der Waals surface area contributed by atoms with Crippen molar-refractivity contribution in [2.24, 2.45) is 0 Å². The van der Waals surface area contributed by atoms with Gasteiger partial charge in [-0.3, -0.25) is 9.59 Å². The first-order chi connectivity index (χ1) is 15.4. The molecular weight excluding hydrogens is 400 g/mol. The minimum Gasteiger partial charge on any atom is -0.494 e. The monoisotopic (exact) mass is 426 g/mol. The van der Waals surface area contributed by atoms with Crippen LogP contribution < -0.4 is 15.0 Å². The number of aryl methyl sites for hydroxylation is 3. The molecule has 5 nitrogen and oxygen atoms in total. The number of ether oxygens (including phenoxy) is 1. The topological polar surface area (TPSA) is 58.6 Å². The summed E-state index contributed by atoms with van der Waals surface area (Å²) in [5.74, 6) is -0.135. The number of imide groups is 1. The number of nitrogens with zero attached hydrogens (tertiary/aromatic N) is 1. The number of nitrogens with one attached hydrogen (secondary N) is 1. The normalized spacial score (nSPS) is 13.7. The minimum absolute atomic E-state index is 0.273. The smallest absolute Gasteiger partial charge is 0.282 e. The van der Waals surface area contributed by atoms with E-state index in [1.165, 1.54) is 4.90 Å². The molecule has 5 heteroatoms. The van der Waals surface area contributed by atoms with Crippen LogP contribution in [0.5, 0.6) is 5.75 Å². The molecule has 162 valence electrons. The van der Waals surface area contributed by atoms with Crippen molar-refractivity contribution in [3.63, 3.8) is 0 Å². The number of benzene rings is 3. The molecule has 0 radical (unpaired) electrons. The molecule has 0 aliphatic carbocycles. The maximum Gasteiger partial charge on any atom is 0.282 e. The molecule has 1 N–H and O–H groups in total. The summed E-state index contributed by atoms with van der Waals surface area (Å²) in [4.78, 5) is 28.5. The van der Waals surface area contributed by atoms with Crippen LogP contribution in [-0.4, -0.2) is 18.4 Å². The summed E-state index contributed by atoms with van der Waals surface area (Å²) < 4.78 is 5.58. The van der Waals surface area contributed by atoms with Crippen LogP contribution in [0.1, 0.15) is 29.2 Å². The maximum absolute atomic E-state index is 13.7. The van der Waals surface area contributed by atoms with Crippen LogP contribution in [-0.2, 0) is 9.59 Å². The number of amides is 2. The van der Waals surface area contributed by atoms with E-state index in [1.807, 2.05) is 76.2 Å². The molecular formula is C27H26N2O3. The lowest BCUT2D eigenvalue weighted by atomic mass is 9.97. The number of anilines is 2. The van der Waals surface area contributed by atoms with Gasteiger partial charge in [0, 0.05) is 11.8 Å². The van der Waals surface area contributed by atoms with Gasteiger partial charge in [-0.15, -0.1) is 0 Å². The van der Waals surface area contributed by atoms with Gasteiger partial charge in [0.1, 0.15) is 11.4 Å². The predicted molar refractivity (Wildman–Crippen MR) is 128 cm³/mol. The van der Waals surface area contributed by atoms with Crippen molar-refractivity contribution >= 4 is 28.8 Å². The number of hydrogen-bond acceptors (Lipinski definition) is 4. The Hall–Kier alpha value is -3.86. The highest BCUT2D eigenvalue weighted by Crippen LogP contribution is 2.36. The molecule has 0 saturated carbocycles. The van der Waals surface area contributed by atoms with Gasteiger partial charge >= 0.3 is 0 Å². The van der Waals surface area contributed by atoms with Crippen LogP contribution in [0.25, 0.3) is 5.57 Å². The fourth-order valence-electron chi connectivity index (χ4n) is 3.97. The lowest BCUT2D eigenvalue weighted by Gasteiger charge is -2.16. The molecule has 1 aliphatic rings. The van der Waals surface area contributed by atoms with E-state index < -0.39 is 0 Å². The van der Waals surface area contributed by atoms with E-state index in [9.17, 15) is 9.59 Å². The fourth-order valence-corrected chi connectivity index (χ4v) is 3.97. The van der Waals surface area contributed by atoms with Gasteiger partial charge in [-0.05, 0) is 68.7 Å². The summed E-state index contributed by atoms with van der Waals surface area (Å²) in [6.07, 6.45) is 0. The molecule has 1 aliphatic heterocycles. The van der Waals surface area contributed by atoms with E-state index in [0.29, 0.717) is 23.6 Å². The Morgan fingerprint density at radius 2 is 1.59 bits per heavy atom. The van der Waals surface area contributed by atoms with Crippen molar-refractivity contribution < 1.29 is 14.3 Å². The Morgan fingerprint density at radius 3 is 2.31 bits per heavy atom. The molecule has 0 bridgehead atoms. The average molecular weight is 427 g/mol. The molecule has 0 fully saturated rings. The Balaban J connectivity index is 1.84. The molecule has 0 aromatic heterocycles. The molecule has 0 unspecified atom stereocenters. The third-order valence-corrected chi connectivity index (χ3v) is 5.41. The Bertz CT molecular complexity index is 1240. The summed E-state index contributed by atoms with van der Waals surface area (Å²) in [5, 5.41) is 3.23. The summed E-state index contributed by atoms with van der Waals surface area (Å²) >= 11 is 0. The Morgan fingerprint density at radius 1 is 0.844 bits per heavy atom. The predicted octanol–water partition coefficient (Wildman–Crippen LogP) is 5.41. The number of carbonyl (C=O) groups is 2. The van der Waals surface area contributed by atoms with Crippen LogP contribution in [0, 0.1) is 20.8 Å². The van der Waals surface area contributed by atoms with Gasteiger partial charge in [-0.2, -0.15) is 0 Å². The number of carbonyl (C=O) groups excluding carboxylic acids is 2. The zero-order chi connectivity index (χ0) is 22.8. The van der Waals surface area contributed by atoms with Crippen molar-refractivity contribution in [1.82, 2.24) is 0 Å². The van der Waals surface area contributed by atoms with Crippen LogP contribution >= 0.6 is 0 Å².